The van der Waals surface area contributed by atoms with Crippen molar-refractivity contribution in [2.75, 3.05) is 11.8 Å². The molecule has 0 saturated heterocycles. The molecule has 2 aromatic heterocycles. The van der Waals surface area contributed by atoms with Crippen LogP contribution in [0.3, 0.4) is 0 Å². The first-order chi connectivity index (χ1) is 14.3. The Morgan fingerprint density at radius 2 is 1.73 bits per heavy atom. The summed E-state index contributed by atoms with van der Waals surface area (Å²) < 4.78 is 36.0. The van der Waals surface area contributed by atoms with E-state index in [0.717, 1.165) is 22.5 Å². The van der Waals surface area contributed by atoms with Crippen molar-refractivity contribution in [3.05, 3.63) is 71.7 Å². The highest BCUT2D eigenvalue weighted by Gasteiger charge is 2.22. The minimum Gasteiger partial charge on any atom is -0.495 e. The highest BCUT2D eigenvalue weighted by atomic mass is 32.2. The van der Waals surface area contributed by atoms with Crippen LogP contribution in [0.5, 0.6) is 5.75 Å². The van der Waals surface area contributed by atoms with Gasteiger partial charge in [0.1, 0.15) is 10.6 Å². The number of methoxy groups -OCH3 is 1. The van der Waals surface area contributed by atoms with E-state index in [4.69, 9.17) is 4.74 Å². The molecule has 0 bridgehead atoms. The molecule has 0 aliphatic heterocycles. The van der Waals surface area contributed by atoms with Gasteiger partial charge in [0, 0.05) is 22.6 Å². The lowest BCUT2D eigenvalue weighted by Crippen LogP contribution is -2.14. The van der Waals surface area contributed by atoms with Crippen molar-refractivity contribution in [2.45, 2.75) is 25.7 Å². The van der Waals surface area contributed by atoms with Crippen molar-refractivity contribution in [3.63, 3.8) is 0 Å². The maximum atomic E-state index is 13.1. The fourth-order valence-electron chi connectivity index (χ4n) is 3.36. The van der Waals surface area contributed by atoms with Crippen molar-refractivity contribution in [3.8, 4) is 16.9 Å². The highest BCUT2D eigenvalue weighted by Crippen LogP contribution is 2.33. The Morgan fingerprint density at radius 1 is 1.00 bits per heavy atom. The summed E-state index contributed by atoms with van der Waals surface area (Å²) >= 11 is 0. The number of nitrogens with zero attached hydrogens (tertiary/aromatic N) is 3. The zero-order valence-electron chi connectivity index (χ0n) is 17.2. The molecule has 0 aliphatic carbocycles. The summed E-state index contributed by atoms with van der Waals surface area (Å²) in [5.41, 5.74) is 5.45. The maximum Gasteiger partial charge on any atom is 0.265 e. The molecule has 0 atom stereocenters. The average Bonchev–Trinajstić information content (AvgIpc) is 3.13. The third-order valence-electron chi connectivity index (χ3n) is 4.85. The molecular weight excluding hydrogens is 400 g/mol. The van der Waals surface area contributed by atoms with Crippen LogP contribution in [-0.2, 0) is 10.0 Å². The number of anilines is 1. The van der Waals surface area contributed by atoms with Gasteiger partial charge in [-0.25, -0.2) is 17.9 Å². The first kappa shape index (κ1) is 19.9. The summed E-state index contributed by atoms with van der Waals surface area (Å²) in [6.07, 6.45) is 1.69. The van der Waals surface area contributed by atoms with E-state index in [1.807, 2.05) is 39.0 Å². The molecule has 4 aromatic rings. The smallest absolute Gasteiger partial charge is 0.265 e. The zero-order chi connectivity index (χ0) is 21.5. The number of aromatic nitrogens is 3. The quantitative estimate of drug-likeness (QED) is 0.523. The van der Waals surface area contributed by atoms with Gasteiger partial charge in [0.2, 0.25) is 0 Å². The molecule has 0 unspecified atom stereocenters. The van der Waals surface area contributed by atoms with Gasteiger partial charge in [-0.3, -0.25) is 4.72 Å². The van der Waals surface area contributed by atoms with Crippen LogP contribution in [0.25, 0.3) is 16.8 Å². The van der Waals surface area contributed by atoms with Crippen LogP contribution >= 0.6 is 0 Å². The molecule has 0 aliphatic rings. The third-order valence-corrected chi connectivity index (χ3v) is 6.25. The first-order valence-electron chi connectivity index (χ1n) is 9.38. The first-order valence-corrected chi connectivity index (χ1v) is 10.9. The Hall–Kier alpha value is -3.39. The van der Waals surface area contributed by atoms with Gasteiger partial charge in [-0.15, -0.1) is 0 Å². The normalized spacial score (nSPS) is 11.6. The number of sulfonamides is 1. The Balaban J connectivity index is 1.82. The number of nitrogens with one attached hydrogen (secondary N) is 1. The SMILES string of the molecule is COc1ccc(-c2cnn3c(C)cc(C)nc23)cc1S(=O)(=O)Nc1ccc(C)cc1. The van der Waals surface area contributed by atoms with E-state index in [-0.39, 0.29) is 10.6 Å². The van der Waals surface area contributed by atoms with E-state index in [2.05, 4.69) is 14.8 Å². The fourth-order valence-corrected chi connectivity index (χ4v) is 4.61. The number of benzene rings is 2. The van der Waals surface area contributed by atoms with Crippen molar-refractivity contribution in [2.24, 2.45) is 0 Å². The molecule has 2 aromatic carbocycles. The van der Waals surface area contributed by atoms with Gasteiger partial charge >= 0.3 is 0 Å². The van der Waals surface area contributed by atoms with E-state index >= 15 is 0 Å². The summed E-state index contributed by atoms with van der Waals surface area (Å²) in [5.74, 6) is 0.259. The lowest BCUT2D eigenvalue weighted by molar-refractivity contribution is 0.403. The number of aryl methyl sites for hydroxylation is 3. The fraction of sp³-hybridized carbons (Fsp3) is 0.182. The molecule has 0 saturated carbocycles. The molecule has 7 nitrogen and oxygen atoms in total. The number of rotatable bonds is 5. The molecule has 4 rings (SSSR count). The minimum absolute atomic E-state index is 0.0480. The van der Waals surface area contributed by atoms with Crippen molar-refractivity contribution in [1.29, 1.82) is 0 Å². The summed E-state index contributed by atoms with van der Waals surface area (Å²) in [4.78, 5) is 4.64. The van der Waals surface area contributed by atoms with E-state index in [1.165, 1.54) is 7.11 Å². The summed E-state index contributed by atoms with van der Waals surface area (Å²) in [7, 11) is -2.43. The van der Waals surface area contributed by atoms with Crippen molar-refractivity contribution >= 4 is 21.4 Å². The summed E-state index contributed by atoms with van der Waals surface area (Å²) in [5, 5.41) is 4.40. The summed E-state index contributed by atoms with van der Waals surface area (Å²) in [6, 6.07) is 14.1. The van der Waals surface area contributed by atoms with E-state index in [0.29, 0.717) is 16.9 Å². The lowest BCUT2D eigenvalue weighted by Gasteiger charge is -2.13. The number of ether oxygens (including phenoxy) is 1. The van der Waals surface area contributed by atoms with Gasteiger partial charge in [0.25, 0.3) is 10.0 Å². The van der Waals surface area contributed by atoms with Gasteiger partial charge in [0.05, 0.1) is 13.3 Å². The predicted molar refractivity (Wildman–Crippen MR) is 116 cm³/mol. The molecule has 30 heavy (non-hydrogen) atoms. The monoisotopic (exact) mass is 422 g/mol. The van der Waals surface area contributed by atoms with Gasteiger partial charge < -0.3 is 4.74 Å². The predicted octanol–water partition coefficient (Wildman–Crippen LogP) is 4.13. The van der Waals surface area contributed by atoms with Gasteiger partial charge in [-0.2, -0.15) is 5.10 Å². The molecule has 0 spiro atoms. The van der Waals surface area contributed by atoms with Gasteiger partial charge in [-0.05, 0) is 56.7 Å². The third kappa shape index (κ3) is 3.61. The number of fused-ring (bicyclic) bond motifs is 1. The van der Waals surface area contributed by atoms with E-state index in [1.54, 1.807) is 41.0 Å². The molecular formula is C22H22N4O3S. The van der Waals surface area contributed by atoms with Gasteiger partial charge in [0.15, 0.2) is 5.65 Å². The van der Waals surface area contributed by atoms with Crippen LogP contribution in [0, 0.1) is 20.8 Å². The van der Waals surface area contributed by atoms with Crippen LogP contribution in [0.4, 0.5) is 5.69 Å². The molecule has 1 N–H and O–H groups in total. The second-order valence-electron chi connectivity index (χ2n) is 7.17. The van der Waals surface area contributed by atoms with Crippen LogP contribution in [0.1, 0.15) is 17.0 Å². The van der Waals surface area contributed by atoms with Crippen molar-refractivity contribution in [1.82, 2.24) is 14.6 Å². The lowest BCUT2D eigenvalue weighted by atomic mass is 10.1. The zero-order valence-corrected chi connectivity index (χ0v) is 18.0. The molecule has 0 fully saturated rings. The largest absolute Gasteiger partial charge is 0.495 e. The summed E-state index contributed by atoms with van der Waals surface area (Å²) in [6.45, 7) is 5.81. The molecule has 0 amide bonds. The van der Waals surface area contributed by atoms with Crippen LogP contribution in [-0.4, -0.2) is 30.1 Å². The number of hydrogen-bond donors (Lipinski definition) is 1. The Labute approximate surface area is 175 Å². The van der Waals surface area contributed by atoms with Crippen LogP contribution in [0.2, 0.25) is 0 Å². The molecule has 154 valence electrons. The van der Waals surface area contributed by atoms with Crippen LogP contribution < -0.4 is 9.46 Å². The topological polar surface area (TPSA) is 85.6 Å². The second-order valence-corrected chi connectivity index (χ2v) is 8.82. The number of hydrogen-bond acceptors (Lipinski definition) is 5. The van der Waals surface area contributed by atoms with E-state index < -0.39 is 10.0 Å². The maximum absolute atomic E-state index is 13.1. The second kappa shape index (κ2) is 7.46. The Morgan fingerprint density at radius 3 is 2.43 bits per heavy atom. The van der Waals surface area contributed by atoms with Crippen molar-refractivity contribution < 1.29 is 13.2 Å². The average molecular weight is 423 g/mol. The Bertz CT molecular complexity index is 1340. The molecule has 8 heteroatoms. The standard InChI is InChI=1S/C22H22N4O3S/c1-14-5-8-18(9-6-14)25-30(27,28)21-12-17(7-10-20(21)29-4)19-13-23-26-16(3)11-15(2)24-22(19)26/h5-13,25H,1-4H3. The molecule has 2 heterocycles. The van der Waals surface area contributed by atoms with E-state index in [9.17, 15) is 8.42 Å². The van der Waals surface area contributed by atoms with Crippen LogP contribution in [0.15, 0.2) is 59.6 Å². The highest BCUT2D eigenvalue weighted by molar-refractivity contribution is 7.92. The minimum atomic E-state index is -3.87. The van der Waals surface area contributed by atoms with Gasteiger partial charge in [-0.1, -0.05) is 23.8 Å². The molecule has 0 radical (unpaired) electrons. The Kier molecular flexibility index (Phi) is 4.95.